The third-order valence-corrected chi connectivity index (χ3v) is 20.4. The Morgan fingerprint density at radius 3 is 1.85 bits per heavy atom. The summed E-state index contributed by atoms with van der Waals surface area (Å²) in [5.74, 6) is -0.616. The van der Waals surface area contributed by atoms with Gasteiger partial charge in [-0.3, -0.25) is 4.79 Å². The Hall–Kier alpha value is -1.65. The van der Waals surface area contributed by atoms with E-state index in [4.69, 9.17) is 21.2 Å². The van der Waals surface area contributed by atoms with Gasteiger partial charge in [-0.15, -0.1) is 0 Å². The molecule has 190 valence electrons. The molecule has 0 saturated carbocycles. The number of carbonyl (C=O) groups excluding carboxylic acids is 2. The molecular weight excluding hydrogens is 750 g/mol. The second-order valence-corrected chi connectivity index (χ2v) is 23.2. The number of carbonyl (C=O) groups is 2. The Balaban J connectivity index is 0. The number of esters is 1. The third-order valence-electron chi connectivity index (χ3n) is 3.86. The Morgan fingerprint density at radius 1 is 0.939 bits per heavy atom. The summed E-state index contributed by atoms with van der Waals surface area (Å²) in [6, 6.07) is 0.897. The standard InChI is InChI=1S/C12H31O5Si4.C7H11NO3.Rf/c1-9-13-11-10-12-21(8)16-19(4,5)14-18(2,3)15-20(6,7)17-21;1-3-7(10)11-5-4-8-6(2)9;/h1,9-12H2,2-8H3;3H,1,4-5H2,2H3,(H,8,9);/q-1;;. The predicted molar refractivity (Wildman–Crippen MR) is 134 cm³/mol. The average Bonchev–Trinajstić information content (AvgIpc) is 2.58. The zero-order chi connectivity index (χ0) is 25.1. The first-order valence-corrected chi connectivity index (χ1v) is 21.7. The number of rotatable bonds is 9. The van der Waals surface area contributed by atoms with Crippen molar-refractivity contribution in [1.82, 2.24) is 5.32 Å². The maximum atomic E-state index is 10.4. The molecule has 0 bridgehead atoms. The van der Waals surface area contributed by atoms with E-state index in [0.717, 1.165) is 18.5 Å². The van der Waals surface area contributed by atoms with Gasteiger partial charge in [0.15, 0.2) is 0 Å². The van der Waals surface area contributed by atoms with Gasteiger partial charge in [0, 0.05) is 19.6 Å². The van der Waals surface area contributed by atoms with E-state index in [1.807, 2.05) is 0 Å². The van der Waals surface area contributed by atoms with Crippen LogP contribution >= 0.6 is 0 Å². The van der Waals surface area contributed by atoms with Crippen LogP contribution in [0, 0.1) is 6.92 Å². The van der Waals surface area contributed by atoms with Crippen molar-refractivity contribution in [3.63, 3.8) is 0 Å². The SMILES string of the molecule is C=CC(=O)OCCNC(C)=O.[CH2-]COCCC[Si]1(C)O[Si](C)(C)O[Si](C)(C)O[Si](C)(C)O1.[Rf]. The van der Waals surface area contributed by atoms with Crippen molar-refractivity contribution in [1.29, 1.82) is 0 Å². The van der Waals surface area contributed by atoms with Gasteiger partial charge >= 0.3 is 40.2 Å². The van der Waals surface area contributed by atoms with Crippen LogP contribution in [0.3, 0.4) is 0 Å². The van der Waals surface area contributed by atoms with Crippen LogP contribution < -0.4 is 5.32 Å². The minimum atomic E-state index is -2.31. The molecular formula is C19H42NO8RfSi4-. The van der Waals surface area contributed by atoms with Gasteiger partial charge in [-0.05, 0) is 58.3 Å². The first-order chi connectivity index (χ1) is 14.6. The number of hydrogen-bond donors (Lipinski definition) is 1. The van der Waals surface area contributed by atoms with Crippen molar-refractivity contribution in [2.45, 2.75) is 65.2 Å². The van der Waals surface area contributed by atoms with Gasteiger partial charge in [0.2, 0.25) is 5.91 Å². The molecule has 14 heteroatoms. The molecule has 0 radical (unpaired) electrons. The summed E-state index contributed by atoms with van der Waals surface area (Å²) in [5.41, 5.74) is 0. The summed E-state index contributed by atoms with van der Waals surface area (Å²) < 4.78 is 35.5. The minimum Gasteiger partial charge on any atom is -0.461 e. The second kappa shape index (κ2) is 14.6. The molecule has 0 unspecified atom stereocenters. The van der Waals surface area contributed by atoms with Crippen LogP contribution in [0.2, 0.25) is 51.9 Å². The molecule has 9 nitrogen and oxygen atoms in total. The van der Waals surface area contributed by atoms with Crippen molar-refractivity contribution in [3.05, 3.63) is 19.6 Å². The third kappa shape index (κ3) is 16.6. The van der Waals surface area contributed by atoms with E-state index in [0.29, 0.717) is 19.8 Å². The van der Waals surface area contributed by atoms with E-state index in [9.17, 15) is 9.59 Å². The molecule has 1 fully saturated rings. The molecule has 1 heterocycles. The van der Waals surface area contributed by atoms with Crippen molar-refractivity contribution in [2.24, 2.45) is 0 Å². The molecule has 1 aliphatic rings. The van der Waals surface area contributed by atoms with Crippen LogP contribution in [0.5, 0.6) is 0 Å². The molecule has 0 aromatic rings. The summed E-state index contributed by atoms with van der Waals surface area (Å²) in [6.45, 7) is 24.7. The van der Waals surface area contributed by atoms with E-state index in [-0.39, 0.29) is 12.5 Å². The van der Waals surface area contributed by atoms with Gasteiger partial charge in [-0.1, -0.05) is 13.2 Å². The molecule has 1 saturated heterocycles. The summed E-state index contributed by atoms with van der Waals surface area (Å²) in [6.07, 6.45) is 2.00. The summed E-state index contributed by atoms with van der Waals surface area (Å²) >= 11 is 0. The summed E-state index contributed by atoms with van der Waals surface area (Å²) in [7, 11) is -8.96. The number of amides is 1. The largest absolute Gasteiger partial charge is 0.461 e. The van der Waals surface area contributed by atoms with Gasteiger partial charge in [0.1, 0.15) is 6.61 Å². The van der Waals surface area contributed by atoms with Gasteiger partial charge in [-0.2, -0.15) is 0 Å². The fourth-order valence-corrected chi connectivity index (χ4v) is 25.0. The molecule has 1 amide bonds. The molecule has 1 aliphatic heterocycles. The van der Waals surface area contributed by atoms with Crippen LogP contribution in [0.15, 0.2) is 12.7 Å². The number of nitrogens with one attached hydrogen (secondary N) is 1. The molecule has 0 atom stereocenters. The summed E-state index contributed by atoms with van der Waals surface area (Å²) in [5, 5.41) is 2.47. The Morgan fingerprint density at radius 2 is 1.42 bits per heavy atom. The van der Waals surface area contributed by atoms with Crippen LogP contribution in [0.1, 0.15) is 13.3 Å². The molecule has 0 spiro atoms. The van der Waals surface area contributed by atoms with E-state index in [2.05, 4.69) is 69.4 Å². The van der Waals surface area contributed by atoms with Crippen LogP contribution in [-0.2, 0) is 35.5 Å². The Labute approximate surface area is 198 Å². The number of hydrogen-bond acceptors (Lipinski definition) is 8. The minimum absolute atomic E-state index is 0. The first-order valence-electron chi connectivity index (χ1n) is 10.8. The van der Waals surface area contributed by atoms with E-state index < -0.39 is 40.2 Å². The molecule has 0 aliphatic carbocycles. The quantitative estimate of drug-likeness (QED) is 0.125. The van der Waals surface area contributed by atoms with Crippen molar-refractivity contribution < 1.29 is 35.5 Å². The van der Waals surface area contributed by atoms with E-state index in [1.54, 1.807) is 0 Å². The Kier molecular flexibility index (Phi) is 14.8. The van der Waals surface area contributed by atoms with Crippen LogP contribution in [0.4, 0.5) is 0 Å². The van der Waals surface area contributed by atoms with Gasteiger partial charge in [0.05, 0.1) is 6.54 Å². The fraction of sp³-hybridized carbons (Fsp3) is 0.737. The topological polar surface area (TPSA) is 102 Å². The van der Waals surface area contributed by atoms with Crippen molar-refractivity contribution in [2.75, 3.05) is 26.4 Å². The normalized spacial score (nSPS) is 19.9. The van der Waals surface area contributed by atoms with Gasteiger partial charge in [-0.25, -0.2) is 4.79 Å². The zero-order valence-corrected chi connectivity index (χ0v) is 32.1. The fourth-order valence-electron chi connectivity index (χ4n) is 3.44. The maximum absolute atomic E-state index is 10.4. The first kappa shape index (κ1) is 33.5. The van der Waals surface area contributed by atoms with Gasteiger partial charge in [0.25, 0.3) is 0 Å². The molecule has 0 aromatic carbocycles. The zero-order valence-electron chi connectivity index (χ0n) is 21.7. The van der Waals surface area contributed by atoms with Crippen molar-refractivity contribution >= 4 is 46.1 Å². The summed E-state index contributed by atoms with van der Waals surface area (Å²) in [4.78, 5) is 20.7. The maximum Gasteiger partial charge on any atom is 0.330 e. The average molecular weight is 792 g/mol. The van der Waals surface area contributed by atoms with Crippen LogP contribution in [0.25, 0.3) is 0 Å². The predicted octanol–water partition coefficient (Wildman–Crippen LogP) is 3.34. The molecule has 1 N–H and O–H groups in total. The monoisotopic (exact) mass is 791 g/mol. The number of ether oxygens (including phenoxy) is 2. The van der Waals surface area contributed by atoms with E-state index >= 15 is 0 Å². The van der Waals surface area contributed by atoms with Gasteiger partial charge < -0.3 is 38.2 Å². The van der Waals surface area contributed by atoms with E-state index in [1.165, 1.54) is 6.92 Å². The molecule has 33 heavy (non-hydrogen) atoms. The smallest absolute Gasteiger partial charge is 0.330 e. The molecule has 1 rings (SSSR count). The van der Waals surface area contributed by atoms with Crippen molar-refractivity contribution in [3.8, 4) is 0 Å². The molecule has 0 aromatic heterocycles. The Bertz CT molecular complexity index is 601. The second-order valence-electron chi connectivity index (χ2n) is 8.81. The van der Waals surface area contributed by atoms with Crippen LogP contribution in [-0.4, -0.2) is 72.5 Å².